The standard InChI is InChI=1S/C14H13BrN2S/c1-10-8-12(3-2-11(10)9-16)17-7-6-13-4-5-14(15)18-13/h2-5,8,17H,6-7H2,1H3. The number of halogens is 1. The zero-order valence-corrected chi connectivity index (χ0v) is 12.4. The first-order valence-corrected chi connectivity index (χ1v) is 7.29. The number of nitriles is 1. The van der Waals surface area contributed by atoms with Gasteiger partial charge in [0, 0.05) is 17.1 Å². The van der Waals surface area contributed by atoms with Crippen LogP contribution in [0.2, 0.25) is 0 Å². The fourth-order valence-corrected chi connectivity index (χ4v) is 3.20. The monoisotopic (exact) mass is 320 g/mol. The Kier molecular flexibility index (Phi) is 4.40. The van der Waals surface area contributed by atoms with Crippen LogP contribution in [0, 0.1) is 18.3 Å². The maximum Gasteiger partial charge on any atom is 0.0994 e. The number of anilines is 1. The Hall–Kier alpha value is -1.31. The summed E-state index contributed by atoms with van der Waals surface area (Å²) >= 11 is 5.23. The maximum atomic E-state index is 8.86. The summed E-state index contributed by atoms with van der Waals surface area (Å²) in [5.74, 6) is 0. The Bertz CT molecular complexity index is 584. The number of nitrogens with one attached hydrogen (secondary N) is 1. The molecule has 0 unspecified atom stereocenters. The van der Waals surface area contributed by atoms with Crippen LogP contribution in [0.15, 0.2) is 34.1 Å². The van der Waals surface area contributed by atoms with Crippen molar-refractivity contribution in [2.24, 2.45) is 0 Å². The van der Waals surface area contributed by atoms with Gasteiger partial charge in [-0.1, -0.05) is 0 Å². The normalized spacial score (nSPS) is 10.1. The molecule has 0 aliphatic carbocycles. The SMILES string of the molecule is Cc1cc(NCCc2ccc(Br)s2)ccc1C#N. The first-order valence-electron chi connectivity index (χ1n) is 5.68. The lowest BCUT2D eigenvalue weighted by Gasteiger charge is -2.07. The Labute approximate surface area is 119 Å². The summed E-state index contributed by atoms with van der Waals surface area (Å²) in [4.78, 5) is 1.36. The number of aryl methyl sites for hydroxylation is 1. The number of hydrogen-bond acceptors (Lipinski definition) is 3. The quantitative estimate of drug-likeness (QED) is 0.909. The van der Waals surface area contributed by atoms with Crippen molar-refractivity contribution in [3.63, 3.8) is 0 Å². The number of thiophene rings is 1. The van der Waals surface area contributed by atoms with Crippen LogP contribution in [0.5, 0.6) is 0 Å². The molecular weight excluding hydrogens is 308 g/mol. The van der Waals surface area contributed by atoms with Gasteiger partial charge in [0.25, 0.3) is 0 Å². The van der Waals surface area contributed by atoms with Crippen molar-refractivity contribution < 1.29 is 0 Å². The molecule has 1 heterocycles. The molecule has 18 heavy (non-hydrogen) atoms. The van der Waals surface area contributed by atoms with E-state index in [1.165, 1.54) is 8.66 Å². The Morgan fingerprint density at radius 1 is 1.33 bits per heavy atom. The predicted octanol–water partition coefficient (Wildman–Crippen LogP) is 4.35. The van der Waals surface area contributed by atoms with E-state index >= 15 is 0 Å². The van der Waals surface area contributed by atoms with Gasteiger partial charge in [0.1, 0.15) is 0 Å². The van der Waals surface area contributed by atoms with E-state index in [2.05, 4.69) is 39.4 Å². The largest absolute Gasteiger partial charge is 0.385 e. The van der Waals surface area contributed by atoms with Crippen LogP contribution in [-0.4, -0.2) is 6.54 Å². The van der Waals surface area contributed by atoms with Gasteiger partial charge in [-0.3, -0.25) is 0 Å². The van der Waals surface area contributed by atoms with E-state index < -0.39 is 0 Å². The molecule has 0 fully saturated rings. The van der Waals surface area contributed by atoms with Gasteiger partial charge >= 0.3 is 0 Å². The van der Waals surface area contributed by atoms with Gasteiger partial charge in [0.2, 0.25) is 0 Å². The lowest BCUT2D eigenvalue weighted by molar-refractivity contribution is 1.04. The second kappa shape index (κ2) is 6.03. The van der Waals surface area contributed by atoms with Crippen molar-refractivity contribution in [3.05, 3.63) is 50.1 Å². The highest BCUT2D eigenvalue weighted by atomic mass is 79.9. The molecule has 0 spiro atoms. The van der Waals surface area contributed by atoms with Gasteiger partial charge in [-0.15, -0.1) is 11.3 Å². The van der Waals surface area contributed by atoms with Gasteiger partial charge < -0.3 is 5.32 Å². The highest BCUT2D eigenvalue weighted by Crippen LogP contribution is 2.22. The molecule has 0 saturated carbocycles. The third-order valence-electron chi connectivity index (χ3n) is 2.68. The first kappa shape index (κ1) is 13.1. The molecule has 1 N–H and O–H groups in total. The number of rotatable bonds is 4. The second-order valence-electron chi connectivity index (χ2n) is 4.02. The number of benzene rings is 1. The highest BCUT2D eigenvalue weighted by molar-refractivity contribution is 9.11. The molecule has 0 saturated heterocycles. The Morgan fingerprint density at radius 3 is 2.78 bits per heavy atom. The van der Waals surface area contributed by atoms with Crippen LogP contribution in [0.3, 0.4) is 0 Å². The molecule has 0 radical (unpaired) electrons. The van der Waals surface area contributed by atoms with Gasteiger partial charge in [-0.2, -0.15) is 5.26 Å². The molecule has 1 aromatic carbocycles. The number of hydrogen-bond donors (Lipinski definition) is 1. The zero-order valence-electron chi connectivity index (χ0n) is 10.0. The molecule has 0 bridgehead atoms. The summed E-state index contributed by atoms with van der Waals surface area (Å²) in [6, 6.07) is 12.2. The molecular formula is C14H13BrN2S. The molecule has 2 rings (SSSR count). The van der Waals surface area contributed by atoms with Crippen LogP contribution in [0.25, 0.3) is 0 Å². The minimum absolute atomic E-state index is 0.739. The Balaban J connectivity index is 1.91. The van der Waals surface area contributed by atoms with E-state index in [4.69, 9.17) is 5.26 Å². The van der Waals surface area contributed by atoms with E-state index in [-0.39, 0.29) is 0 Å². The van der Waals surface area contributed by atoms with Crippen LogP contribution >= 0.6 is 27.3 Å². The molecule has 0 amide bonds. The summed E-state index contributed by atoms with van der Waals surface area (Å²) in [6.45, 7) is 2.86. The van der Waals surface area contributed by atoms with Crippen molar-refractivity contribution in [1.29, 1.82) is 5.26 Å². The average Bonchev–Trinajstić information content (AvgIpc) is 2.75. The minimum atomic E-state index is 0.739. The van der Waals surface area contributed by atoms with Crippen molar-refractivity contribution >= 4 is 33.0 Å². The van der Waals surface area contributed by atoms with E-state index in [0.29, 0.717) is 0 Å². The van der Waals surface area contributed by atoms with Gasteiger partial charge in [-0.25, -0.2) is 0 Å². The summed E-state index contributed by atoms with van der Waals surface area (Å²) in [5.41, 5.74) is 2.83. The topological polar surface area (TPSA) is 35.8 Å². The lowest BCUT2D eigenvalue weighted by Crippen LogP contribution is -2.04. The first-order chi connectivity index (χ1) is 8.69. The molecule has 0 aliphatic heterocycles. The molecule has 2 aromatic rings. The summed E-state index contributed by atoms with van der Waals surface area (Å²) in [7, 11) is 0. The second-order valence-corrected chi connectivity index (χ2v) is 6.57. The van der Waals surface area contributed by atoms with Crippen LogP contribution in [0.4, 0.5) is 5.69 Å². The fourth-order valence-electron chi connectivity index (χ4n) is 1.72. The van der Waals surface area contributed by atoms with E-state index in [9.17, 15) is 0 Å². The summed E-state index contributed by atoms with van der Waals surface area (Å²) in [5, 5.41) is 12.2. The molecule has 92 valence electrons. The average molecular weight is 321 g/mol. The van der Waals surface area contributed by atoms with Crippen LogP contribution < -0.4 is 5.32 Å². The van der Waals surface area contributed by atoms with Crippen LogP contribution in [0.1, 0.15) is 16.0 Å². The van der Waals surface area contributed by atoms with Crippen molar-refractivity contribution in [1.82, 2.24) is 0 Å². The summed E-state index contributed by atoms with van der Waals surface area (Å²) in [6.07, 6.45) is 1.01. The molecule has 1 aromatic heterocycles. The fraction of sp³-hybridized carbons (Fsp3) is 0.214. The number of nitrogens with zero attached hydrogens (tertiary/aromatic N) is 1. The minimum Gasteiger partial charge on any atom is -0.385 e. The van der Waals surface area contributed by atoms with E-state index in [1.807, 2.05) is 25.1 Å². The van der Waals surface area contributed by atoms with Crippen molar-refractivity contribution in [2.45, 2.75) is 13.3 Å². The van der Waals surface area contributed by atoms with Crippen molar-refractivity contribution in [2.75, 3.05) is 11.9 Å². The molecule has 4 heteroatoms. The predicted molar refractivity (Wildman–Crippen MR) is 80.1 cm³/mol. The smallest absolute Gasteiger partial charge is 0.0994 e. The van der Waals surface area contributed by atoms with Crippen LogP contribution in [-0.2, 0) is 6.42 Å². The third-order valence-corrected chi connectivity index (χ3v) is 4.36. The molecule has 0 aliphatic rings. The lowest BCUT2D eigenvalue weighted by atomic mass is 10.1. The van der Waals surface area contributed by atoms with Gasteiger partial charge in [0.15, 0.2) is 0 Å². The molecule has 2 nitrogen and oxygen atoms in total. The van der Waals surface area contributed by atoms with Gasteiger partial charge in [0.05, 0.1) is 15.4 Å². The third kappa shape index (κ3) is 3.34. The van der Waals surface area contributed by atoms with E-state index in [1.54, 1.807) is 11.3 Å². The van der Waals surface area contributed by atoms with E-state index in [0.717, 1.165) is 29.8 Å². The zero-order chi connectivity index (χ0) is 13.0. The highest BCUT2D eigenvalue weighted by Gasteiger charge is 2.00. The van der Waals surface area contributed by atoms with Gasteiger partial charge in [-0.05, 0) is 65.2 Å². The van der Waals surface area contributed by atoms with Crippen molar-refractivity contribution in [3.8, 4) is 6.07 Å². The Morgan fingerprint density at radius 2 is 2.17 bits per heavy atom. The molecule has 0 atom stereocenters. The summed E-state index contributed by atoms with van der Waals surface area (Å²) < 4.78 is 1.17. The maximum absolute atomic E-state index is 8.86.